The average molecular weight is 344 g/mol. The van der Waals surface area contributed by atoms with E-state index in [1.54, 1.807) is 12.4 Å². The first-order valence-corrected chi connectivity index (χ1v) is 9.35. The van der Waals surface area contributed by atoms with Crippen LogP contribution in [0.1, 0.15) is 44.1 Å². The van der Waals surface area contributed by atoms with E-state index in [4.69, 9.17) is 0 Å². The SMILES string of the molecule is CC(C(=O)N1CCCC(CNC(=O)C2CCCN2)C1)c1cccnc1. The highest BCUT2D eigenvalue weighted by molar-refractivity contribution is 5.83. The summed E-state index contributed by atoms with van der Waals surface area (Å²) in [5, 5.41) is 6.29. The molecule has 3 atom stereocenters. The van der Waals surface area contributed by atoms with Crippen LogP contribution in [-0.4, -0.2) is 53.9 Å². The fourth-order valence-electron chi connectivity index (χ4n) is 3.76. The molecule has 0 bridgehead atoms. The maximum atomic E-state index is 12.8. The van der Waals surface area contributed by atoms with Crippen molar-refractivity contribution in [3.8, 4) is 0 Å². The highest BCUT2D eigenvalue weighted by atomic mass is 16.2. The molecular weight excluding hydrogens is 316 g/mol. The van der Waals surface area contributed by atoms with Gasteiger partial charge in [0.15, 0.2) is 0 Å². The Labute approximate surface area is 149 Å². The van der Waals surface area contributed by atoms with Crippen LogP contribution in [0.2, 0.25) is 0 Å². The Balaban J connectivity index is 1.50. The number of rotatable bonds is 5. The van der Waals surface area contributed by atoms with Gasteiger partial charge in [-0.3, -0.25) is 14.6 Å². The number of carbonyl (C=O) groups excluding carboxylic acids is 2. The second-order valence-electron chi connectivity index (χ2n) is 7.19. The van der Waals surface area contributed by atoms with Crippen LogP contribution in [0.4, 0.5) is 0 Å². The van der Waals surface area contributed by atoms with Gasteiger partial charge in [-0.2, -0.15) is 0 Å². The largest absolute Gasteiger partial charge is 0.354 e. The molecule has 136 valence electrons. The molecule has 2 saturated heterocycles. The fraction of sp³-hybridized carbons (Fsp3) is 0.632. The molecule has 2 amide bonds. The predicted molar refractivity (Wildman–Crippen MR) is 96.0 cm³/mol. The first kappa shape index (κ1) is 17.9. The van der Waals surface area contributed by atoms with E-state index in [0.717, 1.165) is 50.9 Å². The number of amides is 2. The number of hydrogen-bond acceptors (Lipinski definition) is 4. The summed E-state index contributed by atoms with van der Waals surface area (Å²) in [5.41, 5.74) is 0.954. The first-order chi connectivity index (χ1) is 12.1. The van der Waals surface area contributed by atoms with Crippen LogP contribution in [0.3, 0.4) is 0 Å². The molecule has 2 aliphatic heterocycles. The van der Waals surface area contributed by atoms with Crippen LogP contribution in [0, 0.1) is 5.92 Å². The summed E-state index contributed by atoms with van der Waals surface area (Å²) in [6, 6.07) is 3.78. The maximum absolute atomic E-state index is 12.8. The molecule has 2 fully saturated rings. The standard InChI is InChI=1S/C19H28N4O2/c1-14(16-6-2-8-20-12-16)19(25)23-10-4-5-15(13-23)11-22-18(24)17-7-3-9-21-17/h2,6,8,12,14-15,17,21H,3-5,7,9-11,13H2,1H3,(H,22,24). The molecule has 25 heavy (non-hydrogen) atoms. The quantitative estimate of drug-likeness (QED) is 0.844. The molecule has 0 radical (unpaired) electrons. The van der Waals surface area contributed by atoms with Crippen molar-refractivity contribution in [3.63, 3.8) is 0 Å². The van der Waals surface area contributed by atoms with Crippen LogP contribution in [0.15, 0.2) is 24.5 Å². The highest BCUT2D eigenvalue weighted by Crippen LogP contribution is 2.22. The van der Waals surface area contributed by atoms with Gasteiger partial charge in [0, 0.05) is 32.0 Å². The van der Waals surface area contributed by atoms with Crippen molar-refractivity contribution in [3.05, 3.63) is 30.1 Å². The minimum absolute atomic E-state index is 0.0353. The molecule has 3 heterocycles. The van der Waals surface area contributed by atoms with Crippen molar-refractivity contribution in [2.24, 2.45) is 5.92 Å². The van der Waals surface area contributed by atoms with Crippen molar-refractivity contribution in [1.29, 1.82) is 0 Å². The molecule has 0 saturated carbocycles. The van der Waals surface area contributed by atoms with Crippen LogP contribution >= 0.6 is 0 Å². The third-order valence-electron chi connectivity index (χ3n) is 5.33. The van der Waals surface area contributed by atoms with Crippen molar-refractivity contribution in [2.75, 3.05) is 26.2 Å². The van der Waals surface area contributed by atoms with Gasteiger partial charge in [0.25, 0.3) is 0 Å². The zero-order valence-electron chi connectivity index (χ0n) is 14.9. The molecule has 3 rings (SSSR count). The van der Waals surface area contributed by atoms with Gasteiger partial charge in [-0.25, -0.2) is 0 Å². The predicted octanol–water partition coefficient (Wildman–Crippen LogP) is 1.29. The number of hydrogen-bond donors (Lipinski definition) is 2. The number of nitrogens with zero attached hydrogens (tertiary/aromatic N) is 2. The topological polar surface area (TPSA) is 74.3 Å². The molecule has 6 nitrogen and oxygen atoms in total. The van der Waals surface area contributed by atoms with Crippen LogP contribution in [0.5, 0.6) is 0 Å². The van der Waals surface area contributed by atoms with Gasteiger partial charge in [-0.1, -0.05) is 6.07 Å². The van der Waals surface area contributed by atoms with Crippen molar-refractivity contribution >= 4 is 11.8 Å². The Morgan fingerprint density at radius 3 is 3.00 bits per heavy atom. The number of piperidine rings is 1. The molecule has 2 N–H and O–H groups in total. The lowest BCUT2D eigenvalue weighted by atomic mass is 9.95. The molecule has 1 aromatic rings. The summed E-state index contributed by atoms with van der Waals surface area (Å²) in [6.45, 7) is 5.05. The molecule has 0 aliphatic carbocycles. The Bertz CT molecular complexity index is 586. The summed E-state index contributed by atoms with van der Waals surface area (Å²) in [4.78, 5) is 31.0. The molecule has 6 heteroatoms. The lowest BCUT2D eigenvalue weighted by molar-refractivity contribution is -0.134. The second kappa shape index (κ2) is 8.43. The molecule has 3 unspecified atom stereocenters. The van der Waals surface area contributed by atoms with Crippen LogP contribution in [-0.2, 0) is 9.59 Å². The number of nitrogens with one attached hydrogen (secondary N) is 2. The van der Waals surface area contributed by atoms with E-state index in [9.17, 15) is 9.59 Å². The third-order valence-corrected chi connectivity index (χ3v) is 5.33. The number of aromatic nitrogens is 1. The van der Waals surface area contributed by atoms with E-state index in [0.29, 0.717) is 12.5 Å². The van der Waals surface area contributed by atoms with E-state index < -0.39 is 0 Å². The molecule has 0 aromatic carbocycles. The second-order valence-corrected chi connectivity index (χ2v) is 7.19. The maximum Gasteiger partial charge on any atom is 0.237 e. The zero-order chi connectivity index (χ0) is 17.6. The monoisotopic (exact) mass is 344 g/mol. The minimum Gasteiger partial charge on any atom is -0.354 e. The van der Waals surface area contributed by atoms with E-state index in [1.807, 2.05) is 24.0 Å². The average Bonchev–Trinajstić information content (AvgIpc) is 3.21. The van der Waals surface area contributed by atoms with Crippen LogP contribution in [0.25, 0.3) is 0 Å². The Morgan fingerprint density at radius 1 is 1.40 bits per heavy atom. The van der Waals surface area contributed by atoms with Gasteiger partial charge in [0.1, 0.15) is 0 Å². The Kier molecular flexibility index (Phi) is 6.02. The Hall–Kier alpha value is -1.95. The number of pyridine rings is 1. The van der Waals surface area contributed by atoms with Gasteiger partial charge >= 0.3 is 0 Å². The number of carbonyl (C=O) groups is 2. The van der Waals surface area contributed by atoms with Crippen molar-refractivity contribution < 1.29 is 9.59 Å². The minimum atomic E-state index is -0.176. The van der Waals surface area contributed by atoms with Crippen LogP contribution < -0.4 is 10.6 Å². The van der Waals surface area contributed by atoms with Gasteiger partial charge in [0.05, 0.1) is 12.0 Å². The van der Waals surface area contributed by atoms with E-state index >= 15 is 0 Å². The normalized spacial score (nSPS) is 24.8. The molecular formula is C19H28N4O2. The van der Waals surface area contributed by atoms with Gasteiger partial charge in [-0.15, -0.1) is 0 Å². The lowest BCUT2D eigenvalue weighted by Gasteiger charge is -2.34. The van der Waals surface area contributed by atoms with Crippen molar-refractivity contribution in [2.45, 2.75) is 44.6 Å². The van der Waals surface area contributed by atoms with Gasteiger partial charge in [0.2, 0.25) is 11.8 Å². The first-order valence-electron chi connectivity index (χ1n) is 9.35. The lowest BCUT2D eigenvalue weighted by Crippen LogP contribution is -2.47. The Morgan fingerprint density at radius 2 is 2.28 bits per heavy atom. The molecule has 1 aromatic heterocycles. The summed E-state index contributed by atoms with van der Waals surface area (Å²) in [6.07, 6.45) is 7.52. The van der Waals surface area contributed by atoms with Gasteiger partial charge in [-0.05, 0) is 56.7 Å². The van der Waals surface area contributed by atoms with Gasteiger partial charge < -0.3 is 15.5 Å². The van der Waals surface area contributed by atoms with E-state index in [-0.39, 0.29) is 23.8 Å². The molecule has 2 aliphatic rings. The smallest absolute Gasteiger partial charge is 0.237 e. The van der Waals surface area contributed by atoms with Crippen molar-refractivity contribution in [1.82, 2.24) is 20.5 Å². The third kappa shape index (κ3) is 4.57. The van der Waals surface area contributed by atoms with E-state index in [1.165, 1.54) is 0 Å². The fourth-order valence-corrected chi connectivity index (χ4v) is 3.76. The zero-order valence-corrected chi connectivity index (χ0v) is 14.9. The van der Waals surface area contributed by atoms with E-state index in [2.05, 4.69) is 15.6 Å². The number of likely N-dealkylation sites (tertiary alicyclic amines) is 1. The summed E-state index contributed by atoms with van der Waals surface area (Å²) in [5.74, 6) is 0.417. The summed E-state index contributed by atoms with van der Waals surface area (Å²) < 4.78 is 0. The summed E-state index contributed by atoms with van der Waals surface area (Å²) >= 11 is 0. The highest BCUT2D eigenvalue weighted by Gasteiger charge is 2.28. The molecule has 0 spiro atoms. The summed E-state index contributed by atoms with van der Waals surface area (Å²) in [7, 11) is 0.